The van der Waals surface area contributed by atoms with Gasteiger partial charge in [0.05, 0.1) is 6.04 Å². The summed E-state index contributed by atoms with van der Waals surface area (Å²) in [5, 5.41) is 3.29. The van der Waals surface area contributed by atoms with Crippen molar-refractivity contribution in [1.29, 1.82) is 0 Å². The predicted molar refractivity (Wildman–Crippen MR) is 82.6 cm³/mol. The number of aromatic nitrogens is 2. The summed E-state index contributed by atoms with van der Waals surface area (Å²) in [6.07, 6.45) is 1.72. The second-order valence-corrected chi connectivity index (χ2v) is 6.04. The Morgan fingerprint density at radius 3 is 2.90 bits per heavy atom. The lowest BCUT2D eigenvalue weighted by molar-refractivity contribution is 0.891. The van der Waals surface area contributed by atoms with Crippen LogP contribution in [0.5, 0.6) is 0 Å². The average Bonchev–Trinajstić information content (AvgIpc) is 2.86. The highest BCUT2D eigenvalue weighted by Gasteiger charge is 2.09. The number of nitrogens with zero attached hydrogens (tertiary/aromatic N) is 2. The smallest absolute Gasteiger partial charge is 0.259 e. The van der Waals surface area contributed by atoms with Crippen molar-refractivity contribution in [2.45, 2.75) is 19.9 Å². The van der Waals surface area contributed by atoms with Gasteiger partial charge in [0.2, 0.25) is 0 Å². The molecule has 0 aliphatic carbocycles. The Labute approximate surface area is 120 Å². The molecular weight excluding hydrogens is 270 g/mol. The molecule has 20 heavy (non-hydrogen) atoms. The number of rotatable bonds is 3. The molecule has 1 N–H and O–H groups in total. The van der Waals surface area contributed by atoms with E-state index in [4.69, 9.17) is 0 Å². The van der Waals surface area contributed by atoms with E-state index < -0.39 is 0 Å². The maximum absolute atomic E-state index is 12.0. The first-order chi connectivity index (χ1) is 9.63. The molecule has 0 fully saturated rings. The van der Waals surface area contributed by atoms with E-state index in [2.05, 4.69) is 36.3 Å². The van der Waals surface area contributed by atoms with E-state index in [9.17, 15) is 4.79 Å². The lowest BCUT2D eigenvalue weighted by Gasteiger charge is -2.13. The summed E-state index contributed by atoms with van der Waals surface area (Å²) < 4.78 is 1.53. The van der Waals surface area contributed by atoms with Gasteiger partial charge in [0, 0.05) is 22.0 Å². The molecule has 0 amide bonds. The van der Waals surface area contributed by atoms with Gasteiger partial charge in [-0.2, -0.15) is 0 Å². The fourth-order valence-electron chi connectivity index (χ4n) is 2.11. The highest BCUT2D eigenvalue weighted by molar-refractivity contribution is 7.12. The number of nitrogens with one attached hydrogen (secondary N) is 1. The van der Waals surface area contributed by atoms with Gasteiger partial charge in [0.15, 0.2) is 0 Å². The Morgan fingerprint density at radius 2 is 2.15 bits per heavy atom. The van der Waals surface area contributed by atoms with Crippen LogP contribution >= 0.6 is 11.3 Å². The molecule has 5 heteroatoms. The normalized spacial score (nSPS) is 12.5. The average molecular weight is 285 g/mol. The molecule has 3 aromatic heterocycles. The van der Waals surface area contributed by atoms with E-state index in [-0.39, 0.29) is 11.6 Å². The minimum Gasteiger partial charge on any atom is -0.362 e. The number of thiophene rings is 1. The summed E-state index contributed by atoms with van der Waals surface area (Å²) in [4.78, 5) is 19.0. The lowest BCUT2D eigenvalue weighted by Crippen LogP contribution is -2.16. The van der Waals surface area contributed by atoms with Crippen molar-refractivity contribution in [3.63, 3.8) is 0 Å². The van der Waals surface area contributed by atoms with Crippen LogP contribution in [-0.4, -0.2) is 9.38 Å². The first-order valence-corrected chi connectivity index (χ1v) is 7.26. The molecule has 4 nitrogen and oxygen atoms in total. The van der Waals surface area contributed by atoms with Gasteiger partial charge in [-0.05, 0) is 38.1 Å². The summed E-state index contributed by atoms with van der Waals surface area (Å²) in [7, 11) is 0. The van der Waals surface area contributed by atoms with Crippen LogP contribution < -0.4 is 10.9 Å². The monoisotopic (exact) mass is 285 g/mol. The molecule has 1 unspecified atom stereocenters. The van der Waals surface area contributed by atoms with Crippen LogP contribution in [-0.2, 0) is 0 Å². The quantitative estimate of drug-likeness (QED) is 0.803. The molecule has 3 rings (SSSR count). The third-order valence-corrected chi connectivity index (χ3v) is 4.31. The van der Waals surface area contributed by atoms with Crippen LogP contribution in [0.1, 0.15) is 22.7 Å². The van der Waals surface area contributed by atoms with Crippen molar-refractivity contribution in [3.05, 3.63) is 62.7 Å². The predicted octanol–water partition coefficient (Wildman–Crippen LogP) is 3.24. The number of aryl methyl sites for hydroxylation is 1. The van der Waals surface area contributed by atoms with E-state index in [1.54, 1.807) is 17.5 Å². The largest absolute Gasteiger partial charge is 0.362 e. The van der Waals surface area contributed by atoms with Gasteiger partial charge in [-0.3, -0.25) is 9.20 Å². The zero-order valence-electron chi connectivity index (χ0n) is 11.3. The van der Waals surface area contributed by atoms with Crippen molar-refractivity contribution < 1.29 is 0 Å². The Bertz CT molecular complexity index is 806. The van der Waals surface area contributed by atoms with Gasteiger partial charge >= 0.3 is 0 Å². The zero-order valence-corrected chi connectivity index (χ0v) is 12.1. The Balaban J connectivity index is 1.93. The minimum absolute atomic E-state index is 0.0762. The molecule has 102 valence electrons. The van der Waals surface area contributed by atoms with Gasteiger partial charge in [-0.1, -0.05) is 6.07 Å². The SMILES string of the molecule is Cc1ccc(C(C)Nc2cc(=O)n3ccccc3n2)s1. The Hall–Kier alpha value is -2.14. The molecule has 0 aliphatic rings. The van der Waals surface area contributed by atoms with Crippen LogP contribution in [0, 0.1) is 6.92 Å². The number of pyridine rings is 1. The van der Waals surface area contributed by atoms with E-state index in [0.29, 0.717) is 11.5 Å². The van der Waals surface area contributed by atoms with E-state index >= 15 is 0 Å². The zero-order chi connectivity index (χ0) is 14.1. The highest BCUT2D eigenvalue weighted by atomic mass is 32.1. The maximum atomic E-state index is 12.0. The number of hydrogen-bond acceptors (Lipinski definition) is 4. The molecule has 0 aliphatic heterocycles. The molecule has 0 radical (unpaired) electrons. The fourth-order valence-corrected chi connectivity index (χ4v) is 2.99. The van der Waals surface area contributed by atoms with Gasteiger partial charge in [0.1, 0.15) is 11.5 Å². The molecule has 0 aromatic carbocycles. The summed E-state index contributed by atoms with van der Waals surface area (Å²) in [5.74, 6) is 0.611. The topological polar surface area (TPSA) is 46.4 Å². The second-order valence-electron chi connectivity index (χ2n) is 4.72. The van der Waals surface area contributed by atoms with Crippen LogP contribution in [0.15, 0.2) is 47.4 Å². The molecule has 3 aromatic rings. The molecule has 0 saturated carbocycles. The number of fused-ring (bicyclic) bond motifs is 1. The molecule has 0 saturated heterocycles. The van der Waals surface area contributed by atoms with Crippen molar-refractivity contribution in [1.82, 2.24) is 9.38 Å². The third kappa shape index (κ3) is 2.44. The third-order valence-electron chi connectivity index (χ3n) is 3.12. The summed E-state index contributed by atoms with van der Waals surface area (Å²) in [6.45, 7) is 4.15. The molecular formula is C15H15N3OS. The first-order valence-electron chi connectivity index (χ1n) is 6.45. The second kappa shape index (κ2) is 5.09. The van der Waals surface area contributed by atoms with Gasteiger partial charge in [-0.15, -0.1) is 11.3 Å². The maximum Gasteiger partial charge on any atom is 0.259 e. The lowest BCUT2D eigenvalue weighted by atomic mass is 10.2. The molecule has 0 bridgehead atoms. The number of hydrogen-bond donors (Lipinski definition) is 1. The van der Waals surface area contributed by atoms with E-state index in [1.807, 2.05) is 18.2 Å². The van der Waals surface area contributed by atoms with Crippen molar-refractivity contribution >= 4 is 22.8 Å². The molecule has 1 atom stereocenters. The van der Waals surface area contributed by atoms with E-state index in [0.717, 1.165) is 0 Å². The summed E-state index contributed by atoms with van der Waals surface area (Å²) >= 11 is 1.75. The standard InChI is InChI=1S/C15H15N3OS/c1-10-6-7-12(20-10)11(2)16-13-9-15(19)18-8-4-3-5-14(18)17-13/h3-9,11,16H,1-2H3. The Morgan fingerprint density at radius 1 is 1.30 bits per heavy atom. The molecule has 3 heterocycles. The van der Waals surface area contributed by atoms with Gasteiger partial charge < -0.3 is 5.32 Å². The number of anilines is 1. The summed E-state index contributed by atoms with van der Waals surface area (Å²) in [5.41, 5.74) is 0.574. The first kappa shape index (κ1) is 12.9. The fraction of sp³-hybridized carbons (Fsp3) is 0.200. The minimum atomic E-state index is -0.0762. The van der Waals surface area contributed by atoms with Crippen molar-refractivity contribution in [2.75, 3.05) is 5.32 Å². The van der Waals surface area contributed by atoms with Gasteiger partial charge in [0.25, 0.3) is 5.56 Å². The van der Waals surface area contributed by atoms with Crippen molar-refractivity contribution in [2.24, 2.45) is 0 Å². The van der Waals surface area contributed by atoms with Crippen LogP contribution in [0.2, 0.25) is 0 Å². The Kier molecular flexibility index (Phi) is 3.28. The summed E-state index contributed by atoms with van der Waals surface area (Å²) in [6, 6.07) is 11.4. The van der Waals surface area contributed by atoms with E-state index in [1.165, 1.54) is 20.2 Å². The van der Waals surface area contributed by atoms with Crippen molar-refractivity contribution in [3.8, 4) is 0 Å². The van der Waals surface area contributed by atoms with Crippen LogP contribution in [0.4, 0.5) is 5.82 Å². The van der Waals surface area contributed by atoms with Crippen LogP contribution in [0.25, 0.3) is 5.65 Å². The highest BCUT2D eigenvalue weighted by Crippen LogP contribution is 2.24. The van der Waals surface area contributed by atoms with Gasteiger partial charge in [-0.25, -0.2) is 4.98 Å². The van der Waals surface area contributed by atoms with Crippen LogP contribution in [0.3, 0.4) is 0 Å². The molecule has 0 spiro atoms.